The minimum absolute atomic E-state index is 0.125. The number of carbonyl (C=O) groups is 1. The van der Waals surface area contributed by atoms with E-state index in [0.29, 0.717) is 17.0 Å². The van der Waals surface area contributed by atoms with Crippen molar-refractivity contribution >= 4 is 31.5 Å². The number of hydrogen-bond acceptors (Lipinski definition) is 6. The van der Waals surface area contributed by atoms with Crippen LogP contribution < -0.4 is 14.4 Å². The molecule has 0 aromatic heterocycles. The van der Waals surface area contributed by atoms with Crippen LogP contribution in [0.25, 0.3) is 0 Å². The van der Waals surface area contributed by atoms with Crippen molar-refractivity contribution in [2.24, 2.45) is 0 Å². The highest BCUT2D eigenvalue weighted by molar-refractivity contribution is 7.92. The number of fused-ring (bicyclic) bond motifs is 1. The topological polar surface area (TPSA) is 110 Å². The third-order valence-corrected chi connectivity index (χ3v) is 8.98. The maximum Gasteiger partial charge on any atom is 0.264 e. The summed E-state index contributed by atoms with van der Waals surface area (Å²) in [5.41, 5.74) is 2.87. The molecule has 1 aliphatic rings. The molecule has 190 valence electrons. The standard InChI is InChI=1S/C26H28N2O6S2/c1-17-5-10-22(11-6-17)36(32,33)28-16-25(34-24-15-18(2)7-14-23(24)28)26(29)27-19(3)20-8-12-21(13-9-20)35(4,30)31/h5-15,19,25H,16H2,1-4H3,(H,27,29)/t19-,25+/m0/s1. The second kappa shape index (κ2) is 9.59. The summed E-state index contributed by atoms with van der Waals surface area (Å²) in [7, 11) is -7.29. The first-order valence-electron chi connectivity index (χ1n) is 11.3. The van der Waals surface area contributed by atoms with Crippen LogP contribution in [0.15, 0.2) is 76.5 Å². The summed E-state index contributed by atoms with van der Waals surface area (Å²) in [6.07, 6.45) is 0.0427. The number of hydrogen-bond donors (Lipinski definition) is 1. The number of nitrogens with one attached hydrogen (secondary N) is 1. The van der Waals surface area contributed by atoms with E-state index in [1.165, 1.54) is 16.4 Å². The fraction of sp³-hybridized carbons (Fsp3) is 0.269. The Labute approximate surface area is 211 Å². The van der Waals surface area contributed by atoms with Crippen molar-refractivity contribution in [2.45, 2.75) is 42.7 Å². The van der Waals surface area contributed by atoms with Gasteiger partial charge in [-0.25, -0.2) is 16.8 Å². The van der Waals surface area contributed by atoms with E-state index < -0.39 is 37.9 Å². The maximum atomic E-state index is 13.6. The molecule has 0 bridgehead atoms. The molecule has 1 N–H and O–H groups in total. The van der Waals surface area contributed by atoms with E-state index in [9.17, 15) is 21.6 Å². The predicted molar refractivity (Wildman–Crippen MR) is 137 cm³/mol. The molecule has 1 aliphatic heterocycles. The number of carbonyl (C=O) groups excluding carboxylic acids is 1. The highest BCUT2D eigenvalue weighted by atomic mass is 32.2. The third kappa shape index (κ3) is 5.24. The molecule has 1 heterocycles. The minimum Gasteiger partial charge on any atom is -0.476 e. The van der Waals surface area contributed by atoms with E-state index in [2.05, 4.69) is 5.32 Å². The summed E-state index contributed by atoms with van der Waals surface area (Å²) in [5.74, 6) is -0.173. The number of ether oxygens (including phenoxy) is 1. The first kappa shape index (κ1) is 25.7. The zero-order chi connectivity index (χ0) is 26.3. The van der Waals surface area contributed by atoms with Crippen molar-refractivity contribution in [1.82, 2.24) is 5.32 Å². The van der Waals surface area contributed by atoms with Crippen LogP contribution in [0, 0.1) is 13.8 Å². The molecule has 2 atom stereocenters. The highest BCUT2D eigenvalue weighted by Crippen LogP contribution is 2.38. The summed E-state index contributed by atoms with van der Waals surface area (Å²) >= 11 is 0. The van der Waals surface area contributed by atoms with Crippen LogP contribution >= 0.6 is 0 Å². The normalized spacial score (nSPS) is 16.6. The third-order valence-electron chi connectivity index (χ3n) is 6.05. The van der Waals surface area contributed by atoms with Crippen LogP contribution in [0.3, 0.4) is 0 Å². The molecule has 3 aromatic carbocycles. The molecule has 8 nitrogen and oxygen atoms in total. The van der Waals surface area contributed by atoms with E-state index in [1.807, 2.05) is 13.8 Å². The number of benzene rings is 3. The number of anilines is 1. The predicted octanol–water partition coefficient (Wildman–Crippen LogP) is 3.54. The molecular formula is C26H28N2O6S2. The average molecular weight is 529 g/mol. The molecule has 10 heteroatoms. The highest BCUT2D eigenvalue weighted by Gasteiger charge is 2.38. The van der Waals surface area contributed by atoms with Crippen molar-refractivity contribution < 1.29 is 26.4 Å². The molecule has 0 fully saturated rings. The van der Waals surface area contributed by atoms with Gasteiger partial charge < -0.3 is 10.1 Å². The van der Waals surface area contributed by atoms with Gasteiger partial charge in [0.2, 0.25) is 0 Å². The van der Waals surface area contributed by atoms with Gasteiger partial charge >= 0.3 is 0 Å². The summed E-state index contributed by atoms with van der Waals surface area (Å²) in [5, 5.41) is 2.85. The molecule has 0 saturated carbocycles. The van der Waals surface area contributed by atoms with Crippen molar-refractivity contribution in [2.75, 3.05) is 17.1 Å². The smallest absolute Gasteiger partial charge is 0.264 e. The van der Waals surface area contributed by atoms with Gasteiger partial charge in [-0.2, -0.15) is 0 Å². The van der Waals surface area contributed by atoms with E-state index in [1.54, 1.807) is 61.5 Å². The molecule has 0 unspecified atom stereocenters. The largest absolute Gasteiger partial charge is 0.476 e. The Bertz CT molecular complexity index is 1500. The van der Waals surface area contributed by atoms with Crippen LogP contribution in [0.4, 0.5) is 5.69 Å². The summed E-state index contributed by atoms with van der Waals surface area (Å²) < 4.78 is 57.7. The van der Waals surface area contributed by atoms with Crippen LogP contribution in [0.5, 0.6) is 5.75 Å². The van der Waals surface area contributed by atoms with Gasteiger partial charge in [0, 0.05) is 6.26 Å². The minimum atomic E-state index is -3.95. The van der Waals surface area contributed by atoms with Crippen molar-refractivity contribution in [3.05, 3.63) is 83.4 Å². The van der Waals surface area contributed by atoms with Gasteiger partial charge in [-0.05, 0) is 68.3 Å². The van der Waals surface area contributed by atoms with Gasteiger partial charge in [0.1, 0.15) is 5.75 Å². The van der Waals surface area contributed by atoms with E-state index >= 15 is 0 Å². The molecule has 4 rings (SSSR count). The summed E-state index contributed by atoms with van der Waals surface area (Å²) in [4.78, 5) is 13.5. The van der Waals surface area contributed by atoms with E-state index in [4.69, 9.17) is 4.74 Å². The van der Waals surface area contributed by atoms with Crippen LogP contribution in [-0.2, 0) is 24.7 Å². The first-order valence-corrected chi connectivity index (χ1v) is 14.7. The van der Waals surface area contributed by atoms with Gasteiger partial charge in [-0.1, -0.05) is 35.9 Å². The van der Waals surface area contributed by atoms with E-state index in [0.717, 1.165) is 17.4 Å². The van der Waals surface area contributed by atoms with Gasteiger partial charge in [0.25, 0.3) is 15.9 Å². The van der Waals surface area contributed by atoms with Crippen molar-refractivity contribution in [3.63, 3.8) is 0 Å². The Morgan fingerprint density at radius 3 is 2.11 bits per heavy atom. The molecule has 3 aromatic rings. The number of sulfonamides is 1. The quantitative estimate of drug-likeness (QED) is 0.524. The lowest BCUT2D eigenvalue weighted by Gasteiger charge is -2.35. The van der Waals surface area contributed by atoms with Gasteiger partial charge in [0.15, 0.2) is 15.9 Å². The fourth-order valence-electron chi connectivity index (χ4n) is 3.96. The fourth-order valence-corrected chi connectivity index (χ4v) is 6.06. The van der Waals surface area contributed by atoms with Gasteiger partial charge in [-0.15, -0.1) is 0 Å². The Kier molecular flexibility index (Phi) is 6.85. The average Bonchev–Trinajstić information content (AvgIpc) is 2.82. The zero-order valence-electron chi connectivity index (χ0n) is 20.4. The second-order valence-electron chi connectivity index (χ2n) is 9.00. The van der Waals surface area contributed by atoms with Crippen molar-refractivity contribution in [1.29, 1.82) is 0 Å². The second-order valence-corrected chi connectivity index (χ2v) is 12.9. The maximum absolute atomic E-state index is 13.6. The van der Waals surface area contributed by atoms with E-state index in [-0.39, 0.29) is 16.3 Å². The Morgan fingerprint density at radius 2 is 1.50 bits per heavy atom. The first-order chi connectivity index (χ1) is 16.9. The van der Waals surface area contributed by atoms with Gasteiger partial charge in [0.05, 0.1) is 28.1 Å². The molecule has 36 heavy (non-hydrogen) atoms. The van der Waals surface area contributed by atoms with Crippen LogP contribution in [-0.4, -0.2) is 41.6 Å². The zero-order valence-corrected chi connectivity index (χ0v) is 22.1. The van der Waals surface area contributed by atoms with Crippen LogP contribution in [0.2, 0.25) is 0 Å². The number of amides is 1. The molecule has 0 radical (unpaired) electrons. The Hall–Kier alpha value is -3.37. The van der Waals surface area contributed by atoms with Crippen molar-refractivity contribution in [3.8, 4) is 5.75 Å². The SMILES string of the molecule is Cc1ccc(S(=O)(=O)N2C[C@H](C(=O)N[C@@H](C)c3ccc(S(C)(=O)=O)cc3)Oc3cc(C)ccc32)cc1. The number of rotatable bonds is 6. The lowest BCUT2D eigenvalue weighted by molar-refractivity contribution is -0.128. The number of nitrogens with zero attached hydrogens (tertiary/aromatic N) is 1. The molecule has 0 spiro atoms. The molecule has 1 amide bonds. The van der Waals surface area contributed by atoms with Gasteiger partial charge in [-0.3, -0.25) is 9.10 Å². The Balaban J connectivity index is 1.60. The molecule has 0 aliphatic carbocycles. The number of aryl methyl sites for hydroxylation is 2. The Morgan fingerprint density at radius 1 is 0.917 bits per heavy atom. The van der Waals surface area contributed by atoms with Crippen LogP contribution in [0.1, 0.15) is 29.7 Å². The summed E-state index contributed by atoms with van der Waals surface area (Å²) in [6.45, 7) is 5.29. The number of sulfone groups is 1. The molecule has 0 saturated heterocycles. The monoisotopic (exact) mass is 528 g/mol. The summed E-state index contributed by atoms with van der Waals surface area (Å²) in [6, 6.07) is 17.5. The lowest BCUT2D eigenvalue weighted by atomic mass is 10.1. The lowest BCUT2D eigenvalue weighted by Crippen LogP contribution is -2.51. The molecular weight excluding hydrogens is 500 g/mol.